The summed E-state index contributed by atoms with van der Waals surface area (Å²) in [5.74, 6) is 0.828. The lowest BCUT2D eigenvalue weighted by Crippen LogP contribution is -2.30. The molecule has 1 saturated heterocycles. The number of nitrogens with zero attached hydrogens (tertiary/aromatic N) is 5. The van der Waals surface area contributed by atoms with Gasteiger partial charge in [0.25, 0.3) is 5.78 Å². The first-order valence-electron chi connectivity index (χ1n) is 9.56. The second-order valence-electron chi connectivity index (χ2n) is 7.39. The Morgan fingerprint density at radius 2 is 1.96 bits per heavy atom. The van der Waals surface area contributed by atoms with E-state index in [0.29, 0.717) is 18.6 Å². The van der Waals surface area contributed by atoms with Crippen molar-refractivity contribution in [2.75, 3.05) is 6.54 Å². The third kappa shape index (κ3) is 3.31. The average Bonchev–Trinajstić information content (AvgIpc) is 3.31. The van der Waals surface area contributed by atoms with Gasteiger partial charge in [-0.2, -0.15) is 10.1 Å². The van der Waals surface area contributed by atoms with Crippen LogP contribution in [0.25, 0.3) is 5.78 Å². The number of fused-ring (bicyclic) bond motifs is 1. The Balaban J connectivity index is 1.50. The SMILES string of the molecule is Cc1ccc(C2CCCN2C(=O)CCc2c(C)nc3ncnn3c2C)cc1. The van der Waals surface area contributed by atoms with Crippen molar-refractivity contribution in [3.05, 3.63) is 58.7 Å². The molecular weight excluding hydrogens is 338 g/mol. The summed E-state index contributed by atoms with van der Waals surface area (Å²) in [5.41, 5.74) is 5.52. The van der Waals surface area contributed by atoms with Crippen molar-refractivity contribution in [2.24, 2.45) is 0 Å². The van der Waals surface area contributed by atoms with Gasteiger partial charge in [0.05, 0.1) is 6.04 Å². The summed E-state index contributed by atoms with van der Waals surface area (Å²) in [6.07, 6.45) is 4.79. The summed E-state index contributed by atoms with van der Waals surface area (Å²) in [6, 6.07) is 8.77. The Kier molecular flexibility index (Phi) is 4.64. The van der Waals surface area contributed by atoms with Crippen molar-refractivity contribution in [3.8, 4) is 0 Å². The number of aryl methyl sites for hydroxylation is 3. The lowest BCUT2D eigenvalue weighted by Gasteiger charge is -2.25. The van der Waals surface area contributed by atoms with Crippen LogP contribution in [0.5, 0.6) is 0 Å². The number of hydrogen-bond acceptors (Lipinski definition) is 4. The molecule has 140 valence electrons. The fourth-order valence-corrected chi connectivity index (χ4v) is 4.09. The van der Waals surface area contributed by atoms with E-state index < -0.39 is 0 Å². The highest BCUT2D eigenvalue weighted by Crippen LogP contribution is 2.32. The number of rotatable bonds is 4. The van der Waals surface area contributed by atoms with E-state index in [9.17, 15) is 4.79 Å². The number of carbonyl (C=O) groups is 1. The number of benzene rings is 1. The van der Waals surface area contributed by atoms with Gasteiger partial charge in [-0.1, -0.05) is 29.8 Å². The van der Waals surface area contributed by atoms with Gasteiger partial charge >= 0.3 is 0 Å². The zero-order valence-corrected chi connectivity index (χ0v) is 16.1. The van der Waals surface area contributed by atoms with Crippen LogP contribution in [0.3, 0.4) is 0 Å². The predicted octanol–water partition coefficient (Wildman–Crippen LogP) is 3.35. The van der Waals surface area contributed by atoms with Crippen molar-refractivity contribution in [1.82, 2.24) is 24.5 Å². The molecule has 1 atom stereocenters. The molecule has 0 spiro atoms. The third-order valence-electron chi connectivity index (χ3n) is 5.61. The minimum Gasteiger partial charge on any atom is -0.336 e. The van der Waals surface area contributed by atoms with E-state index in [2.05, 4.69) is 51.2 Å². The van der Waals surface area contributed by atoms with Crippen LogP contribution in [0, 0.1) is 20.8 Å². The number of hydrogen-bond donors (Lipinski definition) is 0. The summed E-state index contributed by atoms with van der Waals surface area (Å²) in [6.45, 7) is 6.93. The molecule has 3 aromatic rings. The highest BCUT2D eigenvalue weighted by Gasteiger charge is 2.29. The first kappa shape index (κ1) is 17.6. The molecule has 1 aliphatic rings. The fraction of sp³-hybridized carbons (Fsp3) is 0.429. The Bertz CT molecular complexity index is 976. The number of carbonyl (C=O) groups excluding carboxylic acids is 1. The van der Waals surface area contributed by atoms with Crippen molar-refractivity contribution < 1.29 is 4.79 Å². The smallest absolute Gasteiger partial charge is 0.252 e. The van der Waals surface area contributed by atoms with E-state index in [1.807, 2.05) is 13.8 Å². The van der Waals surface area contributed by atoms with Gasteiger partial charge in [0.15, 0.2) is 0 Å². The van der Waals surface area contributed by atoms with Gasteiger partial charge in [-0.25, -0.2) is 9.50 Å². The molecule has 6 nitrogen and oxygen atoms in total. The van der Waals surface area contributed by atoms with E-state index in [0.717, 1.165) is 36.3 Å². The minimum absolute atomic E-state index is 0.205. The maximum Gasteiger partial charge on any atom is 0.252 e. The lowest BCUT2D eigenvalue weighted by atomic mass is 10.0. The highest BCUT2D eigenvalue weighted by atomic mass is 16.2. The van der Waals surface area contributed by atoms with Crippen molar-refractivity contribution >= 4 is 11.7 Å². The Hall–Kier alpha value is -2.76. The molecule has 0 saturated carbocycles. The number of aromatic nitrogens is 4. The molecule has 1 aromatic carbocycles. The fourth-order valence-electron chi connectivity index (χ4n) is 4.09. The molecule has 0 radical (unpaired) electrons. The summed E-state index contributed by atoms with van der Waals surface area (Å²) in [7, 11) is 0. The molecule has 3 heterocycles. The van der Waals surface area contributed by atoms with Gasteiger partial charge < -0.3 is 4.90 Å². The Morgan fingerprint density at radius 3 is 2.74 bits per heavy atom. The maximum atomic E-state index is 13.0. The van der Waals surface area contributed by atoms with Gasteiger partial charge in [0.1, 0.15) is 6.33 Å². The van der Waals surface area contributed by atoms with Crippen LogP contribution in [0.15, 0.2) is 30.6 Å². The van der Waals surface area contributed by atoms with Crippen LogP contribution < -0.4 is 0 Å². The number of likely N-dealkylation sites (tertiary alicyclic amines) is 1. The first-order valence-corrected chi connectivity index (χ1v) is 9.56. The summed E-state index contributed by atoms with van der Waals surface area (Å²) in [5, 5.41) is 4.23. The van der Waals surface area contributed by atoms with Crippen LogP contribution in [0.2, 0.25) is 0 Å². The zero-order chi connectivity index (χ0) is 19.0. The topological polar surface area (TPSA) is 63.4 Å². The first-order chi connectivity index (χ1) is 13.0. The molecule has 1 aliphatic heterocycles. The predicted molar refractivity (Wildman–Crippen MR) is 103 cm³/mol. The van der Waals surface area contributed by atoms with E-state index in [-0.39, 0.29) is 11.9 Å². The van der Waals surface area contributed by atoms with Crippen LogP contribution in [-0.4, -0.2) is 36.9 Å². The van der Waals surface area contributed by atoms with Gasteiger partial charge in [0.2, 0.25) is 5.91 Å². The van der Waals surface area contributed by atoms with Gasteiger partial charge in [0, 0.05) is 24.4 Å². The lowest BCUT2D eigenvalue weighted by molar-refractivity contribution is -0.132. The monoisotopic (exact) mass is 363 g/mol. The maximum absolute atomic E-state index is 13.0. The van der Waals surface area contributed by atoms with E-state index in [4.69, 9.17) is 0 Å². The zero-order valence-electron chi connectivity index (χ0n) is 16.1. The molecule has 0 aliphatic carbocycles. The number of amides is 1. The van der Waals surface area contributed by atoms with E-state index >= 15 is 0 Å². The van der Waals surface area contributed by atoms with Crippen LogP contribution in [-0.2, 0) is 11.2 Å². The molecule has 1 unspecified atom stereocenters. The third-order valence-corrected chi connectivity index (χ3v) is 5.61. The summed E-state index contributed by atoms with van der Waals surface area (Å²) < 4.78 is 1.75. The summed E-state index contributed by atoms with van der Waals surface area (Å²) >= 11 is 0. The molecular formula is C21H25N5O. The van der Waals surface area contributed by atoms with Crippen LogP contribution >= 0.6 is 0 Å². The molecule has 27 heavy (non-hydrogen) atoms. The Morgan fingerprint density at radius 1 is 1.19 bits per heavy atom. The normalized spacial score (nSPS) is 17.0. The molecule has 4 rings (SSSR count). The molecule has 1 amide bonds. The van der Waals surface area contributed by atoms with Gasteiger partial charge in [-0.3, -0.25) is 4.79 Å². The van der Waals surface area contributed by atoms with E-state index in [1.54, 1.807) is 4.52 Å². The Labute approximate surface area is 159 Å². The second kappa shape index (κ2) is 7.10. The van der Waals surface area contributed by atoms with Crippen LogP contribution in [0.4, 0.5) is 0 Å². The minimum atomic E-state index is 0.205. The van der Waals surface area contributed by atoms with E-state index in [1.165, 1.54) is 17.5 Å². The standard InChI is InChI=1S/C21H25N5O/c1-14-6-8-17(9-7-14)19-5-4-12-25(19)20(27)11-10-18-15(2)24-21-22-13-23-26(21)16(18)3/h6-9,13,19H,4-5,10-12H2,1-3H3. The quantitative estimate of drug-likeness (QED) is 0.713. The molecule has 1 fully saturated rings. The molecule has 6 heteroatoms. The molecule has 0 bridgehead atoms. The van der Waals surface area contributed by atoms with Gasteiger partial charge in [-0.15, -0.1) is 0 Å². The summed E-state index contributed by atoms with van der Waals surface area (Å²) in [4.78, 5) is 23.7. The van der Waals surface area contributed by atoms with Crippen molar-refractivity contribution in [2.45, 2.75) is 52.5 Å². The van der Waals surface area contributed by atoms with Crippen LogP contribution in [0.1, 0.15) is 53.4 Å². The highest BCUT2D eigenvalue weighted by molar-refractivity contribution is 5.77. The van der Waals surface area contributed by atoms with Crippen molar-refractivity contribution in [3.63, 3.8) is 0 Å². The van der Waals surface area contributed by atoms with Crippen molar-refractivity contribution in [1.29, 1.82) is 0 Å². The largest absolute Gasteiger partial charge is 0.336 e. The second-order valence-corrected chi connectivity index (χ2v) is 7.39. The average molecular weight is 363 g/mol. The van der Waals surface area contributed by atoms with Gasteiger partial charge in [-0.05, 0) is 51.2 Å². The molecule has 2 aromatic heterocycles. The molecule has 0 N–H and O–H groups in total.